The van der Waals surface area contributed by atoms with Crippen molar-refractivity contribution in [2.45, 2.75) is 32.7 Å². The van der Waals surface area contributed by atoms with E-state index in [9.17, 15) is 26.4 Å². The SMILES string of the molecule is CC(C)(C)NC(=O)CCN(c1ccc(F)c(F)c1F)S(C)(=O)=O. The van der Waals surface area contributed by atoms with E-state index in [1.54, 1.807) is 20.8 Å². The zero-order valence-electron chi connectivity index (χ0n) is 13.3. The van der Waals surface area contributed by atoms with Gasteiger partial charge in [0.25, 0.3) is 0 Å². The van der Waals surface area contributed by atoms with Crippen LogP contribution >= 0.6 is 0 Å². The van der Waals surface area contributed by atoms with Crippen LogP contribution in [-0.2, 0) is 14.8 Å². The Hall–Kier alpha value is -1.77. The number of carbonyl (C=O) groups is 1. The van der Waals surface area contributed by atoms with Crippen molar-refractivity contribution in [1.82, 2.24) is 5.32 Å². The molecule has 0 spiro atoms. The summed E-state index contributed by atoms with van der Waals surface area (Å²) in [5.74, 6) is -5.26. The lowest BCUT2D eigenvalue weighted by atomic mass is 10.1. The quantitative estimate of drug-likeness (QED) is 0.826. The third kappa shape index (κ3) is 5.42. The smallest absolute Gasteiger partial charge is 0.232 e. The van der Waals surface area contributed by atoms with Crippen molar-refractivity contribution in [3.63, 3.8) is 0 Å². The van der Waals surface area contributed by atoms with E-state index in [-0.39, 0.29) is 6.42 Å². The van der Waals surface area contributed by atoms with Crippen LogP contribution < -0.4 is 9.62 Å². The number of sulfonamides is 1. The van der Waals surface area contributed by atoms with E-state index in [1.165, 1.54) is 0 Å². The van der Waals surface area contributed by atoms with Gasteiger partial charge in [0.05, 0.1) is 11.9 Å². The molecule has 0 saturated heterocycles. The third-order valence-electron chi connectivity index (χ3n) is 2.74. The second-order valence-electron chi connectivity index (χ2n) is 6.08. The largest absolute Gasteiger partial charge is 0.351 e. The molecule has 0 unspecified atom stereocenters. The fourth-order valence-corrected chi connectivity index (χ4v) is 2.78. The van der Waals surface area contributed by atoms with Crippen LogP contribution in [0.5, 0.6) is 0 Å². The van der Waals surface area contributed by atoms with E-state index >= 15 is 0 Å². The van der Waals surface area contributed by atoms with Crippen molar-refractivity contribution >= 4 is 21.6 Å². The van der Waals surface area contributed by atoms with E-state index in [4.69, 9.17) is 0 Å². The van der Waals surface area contributed by atoms with E-state index in [0.717, 1.165) is 12.3 Å². The van der Waals surface area contributed by atoms with Gasteiger partial charge in [0, 0.05) is 18.5 Å². The van der Waals surface area contributed by atoms with Gasteiger partial charge >= 0.3 is 0 Å². The standard InChI is InChI=1S/C14H19F3N2O3S/c1-14(2,3)18-11(20)7-8-19(23(4,21)22)10-6-5-9(15)12(16)13(10)17/h5-6H,7-8H2,1-4H3,(H,18,20). The molecule has 9 heteroatoms. The minimum Gasteiger partial charge on any atom is -0.351 e. The van der Waals surface area contributed by atoms with E-state index in [2.05, 4.69) is 5.32 Å². The van der Waals surface area contributed by atoms with Gasteiger partial charge in [0.1, 0.15) is 0 Å². The molecule has 23 heavy (non-hydrogen) atoms. The van der Waals surface area contributed by atoms with Crippen LogP contribution in [0.1, 0.15) is 27.2 Å². The first-order valence-corrected chi connectivity index (χ1v) is 8.60. The summed E-state index contributed by atoms with van der Waals surface area (Å²) in [6, 6.07) is 1.44. The Kier molecular flexibility index (Phi) is 5.68. The van der Waals surface area contributed by atoms with Crippen molar-refractivity contribution in [2.75, 3.05) is 17.1 Å². The molecule has 0 aliphatic carbocycles. The van der Waals surface area contributed by atoms with Crippen LogP contribution in [0.4, 0.5) is 18.9 Å². The van der Waals surface area contributed by atoms with Crippen LogP contribution in [0.15, 0.2) is 12.1 Å². The normalized spacial score (nSPS) is 12.1. The number of nitrogens with zero attached hydrogens (tertiary/aromatic N) is 1. The summed E-state index contributed by atoms with van der Waals surface area (Å²) >= 11 is 0. The molecule has 1 amide bonds. The summed E-state index contributed by atoms with van der Waals surface area (Å²) in [6.07, 6.45) is 0.526. The van der Waals surface area contributed by atoms with Gasteiger partial charge in [-0.2, -0.15) is 0 Å². The van der Waals surface area contributed by atoms with E-state index in [0.29, 0.717) is 10.4 Å². The molecule has 130 valence electrons. The molecule has 1 rings (SSSR count). The van der Waals surface area contributed by atoms with Gasteiger partial charge in [-0.25, -0.2) is 21.6 Å². The predicted octanol–water partition coefficient (Wildman–Crippen LogP) is 2.17. The van der Waals surface area contributed by atoms with Gasteiger partial charge < -0.3 is 5.32 Å². The second-order valence-corrected chi connectivity index (χ2v) is 7.98. The summed E-state index contributed by atoms with van der Waals surface area (Å²) in [4.78, 5) is 11.8. The first-order chi connectivity index (χ1) is 10.3. The van der Waals surface area contributed by atoms with Gasteiger partial charge in [0.15, 0.2) is 17.5 Å². The van der Waals surface area contributed by atoms with Crippen molar-refractivity contribution in [1.29, 1.82) is 0 Å². The Labute approximate surface area is 133 Å². The zero-order valence-corrected chi connectivity index (χ0v) is 14.1. The fourth-order valence-electron chi connectivity index (χ4n) is 1.86. The van der Waals surface area contributed by atoms with Crippen molar-refractivity contribution in [2.24, 2.45) is 0 Å². The Morgan fingerprint density at radius 3 is 2.22 bits per heavy atom. The fraction of sp³-hybridized carbons (Fsp3) is 0.500. The van der Waals surface area contributed by atoms with E-state index in [1.807, 2.05) is 0 Å². The lowest BCUT2D eigenvalue weighted by Crippen LogP contribution is -2.42. The zero-order chi connectivity index (χ0) is 18.0. The monoisotopic (exact) mass is 352 g/mol. The van der Waals surface area contributed by atoms with Gasteiger partial charge in [-0.1, -0.05) is 0 Å². The Morgan fingerprint density at radius 1 is 1.17 bits per heavy atom. The molecule has 0 aliphatic rings. The molecule has 1 aromatic rings. The van der Waals surface area contributed by atoms with Crippen molar-refractivity contribution in [3.05, 3.63) is 29.6 Å². The molecule has 5 nitrogen and oxygen atoms in total. The highest BCUT2D eigenvalue weighted by atomic mass is 32.2. The minimum absolute atomic E-state index is 0.261. The Bertz CT molecular complexity index is 700. The highest BCUT2D eigenvalue weighted by Gasteiger charge is 2.25. The first kappa shape index (κ1) is 19.3. The molecule has 0 saturated carbocycles. The highest BCUT2D eigenvalue weighted by molar-refractivity contribution is 7.92. The lowest BCUT2D eigenvalue weighted by Gasteiger charge is -2.25. The maximum Gasteiger partial charge on any atom is 0.232 e. The number of halogens is 3. The van der Waals surface area contributed by atoms with Gasteiger partial charge in [-0.05, 0) is 32.9 Å². The Balaban J connectivity index is 3.05. The van der Waals surface area contributed by atoms with Crippen molar-refractivity contribution in [3.8, 4) is 0 Å². The maximum absolute atomic E-state index is 13.8. The number of hydrogen-bond donors (Lipinski definition) is 1. The van der Waals surface area contributed by atoms with Gasteiger partial charge in [-0.15, -0.1) is 0 Å². The molecule has 0 aliphatic heterocycles. The van der Waals surface area contributed by atoms with Crippen LogP contribution in [0.3, 0.4) is 0 Å². The van der Waals surface area contributed by atoms with Crippen LogP contribution in [-0.4, -0.2) is 32.7 Å². The molecule has 0 atom stereocenters. The third-order valence-corrected chi connectivity index (χ3v) is 3.92. The highest BCUT2D eigenvalue weighted by Crippen LogP contribution is 2.25. The lowest BCUT2D eigenvalue weighted by molar-refractivity contribution is -0.122. The maximum atomic E-state index is 13.8. The van der Waals surface area contributed by atoms with Crippen LogP contribution in [0.2, 0.25) is 0 Å². The summed E-state index contributed by atoms with van der Waals surface area (Å²) in [5.41, 5.74) is -1.16. The number of anilines is 1. The molecule has 0 aromatic heterocycles. The minimum atomic E-state index is -3.99. The number of amides is 1. The molecule has 0 bridgehead atoms. The first-order valence-electron chi connectivity index (χ1n) is 6.75. The van der Waals surface area contributed by atoms with Crippen LogP contribution in [0.25, 0.3) is 0 Å². The molecular weight excluding hydrogens is 333 g/mol. The number of carbonyl (C=O) groups excluding carboxylic acids is 1. The van der Waals surface area contributed by atoms with Gasteiger partial charge in [0.2, 0.25) is 15.9 Å². The summed E-state index contributed by atoms with van der Waals surface area (Å²) in [7, 11) is -3.99. The summed E-state index contributed by atoms with van der Waals surface area (Å²) in [5, 5.41) is 2.62. The number of benzene rings is 1. The molecular formula is C14H19F3N2O3S. The average molecular weight is 352 g/mol. The van der Waals surface area contributed by atoms with Gasteiger partial charge in [-0.3, -0.25) is 9.10 Å². The Morgan fingerprint density at radius 2 is 1.74 bits per heavy atom. The summed E-state index contributed by atoms with van der Waals surface area (Å²) in [6.45, 7) is 4.83. The molecule has 0 heterocycles. The second kappa shape index (κ2) is 6.77. The van der Waals surface area contributed by atoms with Crippen LogP contribution in [0, 0.1) is 17.5 Å². The molecule has 0 fully saturated rings. The number of hydrogen-bond acceptors (Lipinski definition) is 3. The predicted molar refractivity (Wildman–Crippen MR) is 81.0 cm³/mol. The molecule has 1 N–H and O–H groups in total. The van der Waals surface area contributed by atoms with Crippen molar-refractivity contribution < 1.29 is 26.4 Å². The van der Waals surface area contributed by atoms with E-state index < -0.39 is 51.2 Å². The number of rotatable bonds is 5. The average Bonchev–Trinajstić information content (AvgIpc) is 2.35. The topological polar surface area (TPSA) is 66.5 Å². The summed E-state index contributed by atoms with van der Waals surface area (Å²) < 4.78 is 64.2. The molecule has 1 aromatic carbocycles. The number of nitrogens with one attached hydrogen (secondary N) is 1. The molecule has 0 radical (unpaired) electrons.